The predicted molar refractivity (Wildman–Crippen MR) is 54.2 cm³/mol. The summed E-state index contributed by atoms with van der Waals surface area (Å²) in [6.45, 7) is 3.05. The Morgan fingerprint density at radius 2 is 2.21 bits per heavy atom. The number of hydrogen-bond donors (Lipinski definition) is 3. The molecule has 0 fully saturated rings. The summed E-state index contributed by atoms with van der Waals surface area (Å²) in [7, 11) is 1.66. The van der Waals surface area contributed by atoms with Crippen LogP contribution < -0.4 is 10.6 Å². The number of amides is 2. The maximum atomic E-state index is 11.1. The van der Waals surface area contributed by atoms with Gasteiger partial charge in [-0.2, -0.15) is 0 Å². The molecular formula is C9H20N2O3. The Morgan fingerprint density at radius 3 is 2.79 bits per heavy atom. The summed E-state index contributed by atoms with van der Waals surface area (Å²) in [5.41, 5.74) is 0. The molecule has 0 bridgehead atoms. The van der Waals surface area contributed by atoms with E-state index in [1.807, 2.05) is 0 Å². The molecule has 0 saturated carbocycles. The smallest absolute Gasteiger partial charge is 0.315 e. The van der Waals surface area contributed by atoms with Gasteiger partial charge >= 0.3 is 6.03 Å². The van der Waals surface area contributed by atoms with Crippen molar-refractivity contribution in [2.24, 2.45) is 0 Å². The van der Waals surface area contributed by atoms with E-state index in [-0.39, 0.29) is 18.7 Å². The van der Waals surface area contributed by atoms with Crippen LogP contribution in [0, 0.1) is 0 Å². The fourth-order valence-corrected chi connectivity index (χ4v) is 0.894. The molecule has 0 aliphatic heterocycles. The van der Waals surface area contributed by atoms with Gasteiger partial charge in [-0.25, -0.2) is 4.79 Å². The molecule has 0 saturated heterocycles. The molecule has 1 atom stereocenters. The van der Waals surface area contributed by atoms with E-state index >= 15 is 0 Å². The van der Waals surface area contributed by atoms with Crippen molar-refractivity contribution in [3.63, 3.8) is 0 Å². The van der Waals surface area contributed by atoms with Crippen molar-refractivity contribution >= 4 is 6.03 Å². The fourth-order valence-electron chi connectivity index (χ4n) is 0.894. The standard InChI is InChI=1S/C9H20N2O3/c1-8(7-12)11-9(13)10-5-3-4-6-14-2/h8,12H,3-7H2,1-2H3,(H2,10,11,13)/t8-/m0/s1. The molecule has 0 aliphatic rings. The first-order valence-corrected chi connectivity index (χ1v) is 4.85. The summed E-state index contributed by atoms with van der Waals surface area (Å²) in [4.78, 5) is 11.1. The molecule has 0 aromatic rings. The van der Waals surface area contributed by atoms with E-state index in [2.05, 4.69) is 10.6 Å². The van der Waals surface area contributed by atoms with Crippen LogP contribution in [0.4, 0.5) is 4.79 Å². The molecule has 0 heterocycles. The quantitative estimate of drug-likeness (QED) is 0.515. The molecule has 14 heavy (non-hydrogen) atoms. The Bertz CT molecular complexity index is 153. The minimum atomic E-state index is -0.232. The molecule has 0 spiro atoms. The highest BCUT2D eigenvalue weighted by molar-refractivity contribution is 5.74. The summed E-state index contributed by atoms with van der Waals surface area (Å²) in [5, 5.41) is 13.9. The number of carbonyl (C=O) groups excluding carboxylic acids is 1. The minimum Gasteiger partial charge on any atom is -0.394 e. The van der Waals surface area contributed by atoms with Gasteiger partial charge in [-0.15, -0.1) is 0 Å². The molecule has 0 aromatic carbocycles. The molecule has 0 aliphatic carbocycles. The maximum Gasteiger partial charge on any atom is 0.315 e. The van der Waals surface area contributed by atoms with Gasteiger partial charge in [0.05, 0.1) is 12.6 Å². The van der Waals surface area contributed by atoms with Gasteiger partial charge in [0.1, 0.15) is 0 Å². The molecular weight excluding hydrogens is 184 g/mol. The second kappa shape index (κ2) is 8.77. The number of hydrogen-bond acceptors (Lipinski definition) is 3. The molecule has 0 rings (SSSR count). The van der Waals surface area contributed by atoms with Gasteiger partial charge in [0.15, 0.2) is 0 Å². The van der Waals surface area contributed by atoms with Crippen molar-refractivity contribution < 1.29 is 14.6 Å². The molecule has 0 aromatic heterocycles. The van der Waals surface area contributed by atoms with Crippen LogP contribution in [0.2, 0.25) is 0 Å². The first-order chi connectivity index (χ1) is 6.70. The molecule has 5 nitrogen and oxygen atoms in total. The summed E-state index contributed by atoms with van der Waals surface area (Å²) in [5.74, 6) is 0. The monoisotopic (exact) mass is 204 g/mol. The lowest BCUT2D eigenvalue weighted by Crippen LogP contribution is -2.42. The van der Waals surface area contributed by atoms with Crippen LogP contribution in [0.1, 0.15) is 19.8 Å². The van der Waals surface area contributed by atoms with Gasteiger partial charge in [-0.05, 0) is 19.8 Å². The Kier molecular flexibility index (Phi) is 8.27. The fraction of sp³-hybridized carbons (Fsp3) is 0.889. The summed E-state index contributed by atoms with van der Waals surface area (Å²) < 4.78 is 4.87. The zero-order valence-corrected chi connectivity index (χ0v) is 8.88. The van der Waals surface area contributed by atoms with E-state index in [0.29, 0.717) is 6.54 Å². The molecule has 2 amide bonds. The highest BCUT2D eigenvalue weighted by Gasteiger charge is 2.03. The number of ether oxygens (including phenoxy) is 1. The Morgan fingerprint density at radius 1 is 1.50 bits per heavy atom. The second-order valence-electron chi connectivity index (χ2n) is 3.18. The van der Waals surface area contributed by atoms with Gasteiger partial charge in [-0.1, -0.05) is 0 Å². The summed E-state index contributed by atoms with van der Waals surface area (Å²) in [6.07, 6.45) is 1.83. The number of methoxy groups -OCH3 is 1. The SMILES string of the molecule is COCCCCNC(=O)N[C@@H](C)CO. The van der Waals surface area contributed by atoms with E-state index in [9.17, 15) is 4.79 Å². The third kappa shape index (κ3) is 7.82. The van der Waals surface area contributed by atoms with Crippen LogP contribution in [0.25, 0.3) is 0 Å². The first kappa shape index (κ1) is 13.2. The van der Waals surface area contributed by atoms with Crippen molar-refractivity contribution in [1.29, 1.82) is 0 Å². The van der Waals surface area contributed by atoms with Crippen LogP contribution in [-0.4, -0.2) is 44.0 Å². The number of urea groups is 1. The van der Waals surface area contributed by atoms with Gasteiger partial charge in [0, 0.05) is 20.3 Å². The highest BCUT2D eigenvalue weighted by Crippen LogP contribution is 1.86. The van der Waals surface area contributed by atoms with E-state index in [1.165, 1.54) is 0 Å². The van der Waals surface area contributed by atoms with Crippen LogP contribution in [-0.2, 0) is 4.74 Å². The number of rotatable bonds is 7. The van der Waals surface area contributed by atoms with E-state index in [0.717, 1.165) is 19.4 Å². The topological polar surface area (TPSA) is 70.6 Å². The maximum absolute atomic E-state index is 11.1. The van der Waals surface area contributed by atoms with Gasteiger partial charge in [-0.3, -0.25) is 0 Å². The van der Waals surface area contributed by atoms with Crippen LogP contribution in [0.3, 0.4) is 0 Å². The highest BCUT2D eigenvalue weighted by atomic mass is 16.5. The number of aliphatic hydroxyl groups excluding tert-OH is 1. The predicted octanol–water partition coefficient (Wildman–Crippen LogP) is 0.0930. The lowest BCUT2D eigenvalue weighted by Gasteiger charge is -2.11. The number of aliphatic hydroxyl groups is 1. The third-order valence-electron chi connectivity index (χ3n) is 1.71. The minimum absolute atomic E-state index is 0.0445. The number of unbranched alkanes of at least 4 members (excludes halogenated alkanes) is 1. The average molecular weight is 204 g/mol. The normalized spacial score (nSPS) is 12.2. The molecule has 5 heteroatoms. The number of nitrogens with one attached hydrogen (secondary N) is 2. The Balaban J connectivity index is 3.27. The second-order valence-corrected chi connectivity index (χ2v) is 3.18. The Labute approximate surface area is 84.8 Å². The van der Waals surface area contributed by atoms with Crippen molar-refractivity contribution in [3.05, 3.63) is 0 Å². The van der Waals surface area contributed by atoms with Gasteiger partial charge in [0.25, 0.3) is 0 Å². The molecule has 0 radical (unpaired) electrons. The van der Waals surface area contributed by atoms with E-state index in [1.54, 1.807) is 14.0 Å². The average Bonchev–Trinajstić information content (AvgIpc) is 2.17. The largest absolute Gasteiger partial charge is 0.394 e. The van der Waals surface area contributed by atoms with Crippen molar-refractivity contribution in [1.82, 2.24) is 10.6 Å². The summed E-state index contributed by atoms with van der Waals surface area (Å²) >= 11 is 0. The number of carbonyl (C=O) groups is 1. The molecule has 84 valence electrons. The Hall–Kier alpha value is -0.810. The van der Waals surface area contributed by atoms with E-state index in [4.69, 9.17) is 9.84 Å². The van der Waals surface area contributed by atoms with Crippen LogP contribution in [0.15, 0.2) is 0 Å². The summed E-state index contributed by atoms with van der Waals surface area (Å²) in [6, 6.07) is -0.432. The van der Waals surface area contributed by atoms with Crippen molar-refractivity contribution in [3.8, 4) is 0 Å². The van der Waals surface area contributed by atoms with Gasteiger partial charge < -0.3 is 20.5 Å². The van der Waals surface area contributed by atoms with Crippen LogP contribution >= 0.6 is 0 Å². The molecule has 3 N–H and O–H groups in total. The first-order valence-electron chi connectivity index (χ1n) is 4.85. The van der Waals surface area contributed by atoms with Gasteiger partial charge in [0.2, 0.25) is 0 Å². The lowest BCUT2D eigenvalue weighted by atomic mass is 10.3. The lowest BCUT2D eigenvalue weighted by molar-refractivity contribution is 0.192. The van der Waals surface area contributed by atoms with Crippen molar-refractivity contribution in [2.45, 2.75) is 25.8 Å². The van der Waals surface area contributed by atoms with Crippen molar-refractivity contribution in [2.75, 3.05) is 26.9 Å². The zero-order valence-electron chi connectivity index (χ0n) is 8.88. The third-order valence-corrected chi connectivity index (χ3v) is 1.71. The zero-order chi connectivity index (χ0) is 10.8. The molecule has 0 unspecified atom stereocenters. The van der Waals surface area contributed by atoms with Crippen LogP contribution in [0.5, 0.6) is 0 Å². The van der Waals surface area contributed by atoms with E-state index < -0.39 is 0 Å².